The van der Waals surface area contributed by atoms with Gasteiger partial charge in [-0.25, -0.2) is 0 Å². The maximum atomic E-state index is 13.7. The Bertz CT molecular complexity index is 1790. The molecule has 0 saturated heterocycles. The molecule has 1 heterocycles. The van der Waals surface area contributed by atoms with E-state index in [0.717, 1.165) is 5.56 Å². The molecule has 4 aromatic rings. The second kappa shape index (κ2) is 17.2. The molecule has 50 heavy (non-hydrogen) atoms. The number of benzene rings is 4. The average Bonchev–Trinajstić information content (AvgIpc) is 3.11. The molecule has 0 unspecified atom stereocenters. The third-order valence-electron chi connectivity index (χ3n) is 7.89. The van der Waals surface area contributed by atoms with Gasteiger partial charge in [0.15, 0.2) is 11.5 Å². The normalized spacial score (nSPS) is 17.6. The molecule has 260 valence electrons. The highest BCUT2D eigenvalue weighted by molar-refractivity contribution is 6.30. The summed E-state index contributed by atoms with van der Waals surface area (Å²) in [5.74, 6) is -0.315. The summed E-state index contributed by atoms with van der Waals surface area (Å²) in [5.41, 5.74) is 1.04. The molecule has 1 aliphatic heterocycles. The lowest BCUT2D eigenvalue weighted by molar-refractivity contribution is -0.136. The molecule has 0 bridgehead atoms. The number of nitrogens with one attached hydrogen (secondary N) is 3. The second-order valence-electron chi connectivity index (χ2n) is 11.9. The Morgan fingerprint density at radius 3 is 2.36 bits per heavy atom. The van der Waals surface area contributed by atoms with E-state index in [4.69, 9.17) is 25.8 Å². The number of likely N-dealkylation sites (N-methyl/N-ethyl adjacent to an activating group) is 1. The van der Waals surface area contributed by atoms with Crippen molar-refractivity contribution in [2.24, 2.45) is 0 Å². The topological polar surface area (TPSA) is 135 Å². The minimum atomic E-state index is -1.29. The molecule has 0 aromatic heterocycles. The van der Waals surface area contributed by atoms with Gasteiger partial charge in [-0.2, -0.15) is 0 Å². The van der Waals surface area contributed by atoms with E-state index in [2.05, 4.69) is 16.0 Å². The number of fused-ring (bicyclic) bond motifs is 1. The van der Waals surface area contributed by atoms with E-state index in [-0.39, 0.29) is 43.4 Å². The molecule has 0 aliphatic carbocycles. The highest BCUT2D eigenvalue weighted by Gasteiger charge is 2.30. The predicted molar refractivity (Wildman–Crippen MR) is 189 cm³/mol. The fourth-order valence-electron chi connectivity index (χ4n) is 5.27. The van der Waals surface area contributed by atoms with Crippen LogP contribution in [0.25, 0.3) is 0 Å². The van der Waals surface area contributed by atoms with Crippen LogP contribution in [0.3, 0.4) is 0 Å². The monoisotopic (exact) mass is 698 g/mol. The van der Waals surface area contributed by atoms with Gasteiger partial charge in [-0.15, -0.1) is 0 Å². The largest absolute Gasteiger partial charge is 0.491 e. The maximum absolute atomic E-state index is 13.7. The van der Waals surface area contributed by atoms with Crippen molar-refractivity contribution in [2.45, 2.75) is 37.9 Å². The van der Waals surface area contributed by atoms with E-state index in [0.29, 0.717) is 22.3 Å². The first-order valence-electron chi connectivity index (χ1n) is 16.2. The molecule has 1 aliphatic rings. The van der Waals surface area contributed by atoms with Crippen molar-refractivity contribution in [3.05, 3.63) is 119 Å². The lowest BCUT2D eigenvalue weighted by atomic mass is 10.0. The zero-order valence-corrected chi connectivity index (χ0v) is 28.5. The number of nitrogens with zero attached hydrogens (tertiary/aromatic N) is 1. The van der Waals surface area contributed by atoms with Gasteiger partial charge in [-0.1, -0.05) is 66.2 Å². The minimum absolute atomic E-state index is 0.0518. The van der Waals surface area contributed by atoms with Crippen LogP contribution in [-0.2, 0) is 20.8 Å². The SMILES string of the molecule is C[C@H](COc1ccccc1Oc1ccc(Cl)cc1)NC(=O)[C@@H]1CC(=O)N[C@H](Cc2ccccc2)C(=O)N(C)CCOc2ccccc2C(=O)N1. The van der Waals surface area contributed by atoms with Gasteiger partial charge in [-0.05, 0) is 61.0 Å². The summed E-state index contributed by atoms with van der Waals surface area (Å²) in [6.07, 6.45) is -0.186. The molecule has 0 radical (unpaired) electrons. The summed E-state index contributed by atoms with van der Waals surface area (Å²) in [7, 11) is 1.63. The van der Waals surface area contributed by atoms with Crippen LogP contribution in [0.2, 0.25) is 5.02 Å². The van der Waals surface area contributed by atoms with E-state index in [1.165, 1.54) is 4.90 Å². The van der Waals surface area contributed by atoms with Gasteiger partial charge in [0.1, 0.15) is 36.8 Å². The van der Waals surface area contributed by atoms with Crippen LogP contribution >= 0.6 is 11.6 Å². The summed E-state index contributed by atoms with van der Waals surface area (Å²) in [6, 6.07) is 27.2. The lowest BCUT2D eigenvalue weighted by Crippen LogP contribution is -2.54. The van der Waals surface area contributed by atoms with Crippen LogP contribution in [0.5, 0.6) is 23.0 Å². The molecule has 5 rings (SSSR count). The number of carbonyl (C=O) groups excluding carboxylic acids is 4. The Morgan fingerprint density at radius 2 is 1.60 bits per heavy atom. The molecule has 0 fully saturated rings. The Balaban J connectivity index is 1.31. The zero-order valence-electron chi connectivity index (χ0n) is 27.8. The first kappa shape index (κ1) is 35.7. The van der Waals surface area contributed by atoms with Gasteiger partial charge in [0.2, 0.25) is 17.7 Å². The Kier molecular flexibility index (Phi) is 12.3. The average molecular weight is 699 g/mol. The molecule has 4 amide bonds. The van der Waals surface area contributed by atoms with Crippen molar-refractivity contribution in [3.8, 4) is 23.0 Å². The number of halogens is 1. The van der Waals surface area contributed by atoms with Crippen LogP contribution in [0.4, 0.5) is 0 Å². The standard InChI is InChI=1S/C38H39ClN4O7/c1-25(24-49-33-14-8-9-15-34(33)50-28-18-16-27(39)17-19-28)40-37(46)30-23-35(44)41-31(22-26-10-4-3-5-11-26)38(47)43(2)20-21-48-32-13-7-6-12-29(32)36(45)42-30/h3-19,25,30-31H,20-24H2,1-2H3,(H,40,46)(H,41,44)(H,42,45)/t25-,30+,31-/m1/s1. The Morgan fingerprint density at radius 1 is 0.920 bits per heavy atom. The van der Waals surface area contributed by atoms with Crippen molar-refractivity contribution in [1.29, 1.82) is 0 Å². The quantitative estimate of drug-likeness (QED) is 0.229. The predicted octanol–water partition coefficient (Wildman–Crippen LogP) is 4.78. The highest BCUT2D eigenvalue weighted by atomic mass is 35.5. The van der Waals surface area contributed by atoms with E-state index < -0.39 is 42.3 Å². The fourth-order valence-corrected chi connectivity index (χ4v) is 5.39. The molecule has 0 saturated carbocycles. The van der Waals surface area contributed by atoms with Crippen LogP contribution in [0.1, 0.15) is 29.3 Å². The Hall–Kier alpha value is -5.55. The van der Waals surface area contributed by atoms with Gasteiger partial charge in [-0.3, -0.25) is 19.2 Å². The van der Waals surface area contributed by atoms with E-state index >= 15 is 0 Å². The van der Waals surface area contributed by atoms with Crippen molar-refractivity contribution < 1.29 is 33.4 Å². The number of para-hydroxylation sites is 3. The number of hydrogen-bond acceptors (Lipinski definition) is 7. The van der Waals surface area contributed by atoms with Crippen LogP contribution in [0.15, 0.2) is 103 Å². The van der Waals surface area contributed by atoms with Crippen LogP contribution in [-0.4, -0.2) is 73.5 Å². The number of rotatable bonds is 9. The first-order valence-corrected chi connectivity index (χ1v) is 16.6. The van der Waals surface area contributed by atoms with Crippen molar-refractivity contribution in [2.75, 3.05) is 26.8 Å². The fraction of sp³-hybridized carbons (Fsp3) is 0.263. The number of carbonyl (C=O) groups is 4. The first-order chi connectivity index (χ1) is 24.2. The zero-order chi connectivity index (χ0) is 35.5. The van der Waals surface area contributed by atoms with E-state index in [1.54, 1.807) is 80.7 Å². The molecule has 11 nitrogen and oxygen atoms in total. The van der Waals surface area contributed by atoms with Gasteiger partial charge in [0.25, 0.3) is 5.91 Å². The maximum Gasteiger partial charge on any atom is 0.255 e. The third-order valence-corrected chi connectivity index (χ3v) is 8.14. The van der Waals surface area contributed by atoms with E-state index in [9.17, 15) is 19.2 Å². The summed E-state index contributed by atoms with van der Waals surface area (Å²) >= 11 is 5.99. The second-order valence-corrected chi connectivity index (χ2v) is 12.3. The van der Waals surface area contributed by atoms with Gasteiger partial charge in [0.05, 0.1) is 24.6 Å². The number of ether oxygens (including phenoxy) is 3. The molecular formula is C38H39ClN4O7. The molecule has 12 heteroatoms. The number of hydrogen-bond donors (Lipinski definition) is 3. The summed E-state index contributed by atoms with van der Waals surface area (Å²) in [5, 5.41) is 8.93. The van der Waals surface area contributed by atoms with Gasteiger partial charge < -0.3 is 35.1 Å². The Labute approximate surface area is 295 Å². The smallest absolute Gasteiger partial charge is 0.255 e. The summed E-state index contributed by atoms with van der Waals surface area (Å²) in [4.78, 5) is 55.7. The van der Waals surface area contributed by atoms with E-state index in [1.807, 2.05) is 36.4 Å². The lowest BCUT2D eigenvalue weighted by Gasteiger charge is -2.27. The molecule has 3 N–H and O–H groups in total. The summed E-state index contributed by atoms with van der Waals surface area (Å²) in [6.45, 7) is 2.11. The third kappa shape index (κ3) is 9.99. The molecule has 3 atom stereocenters. The van der Waals surface area contributed by atoms with Crippen LogP contribution < -0.4 is 30.2 Å². The highest BCUT2D eigenvalue weighted by Crippen LogP contribution is 2.32. The molecule has 0 spiro atoms. The van der Waals surface area contributed by atoms with Gasteiger partial charge >= 0.3 is 0 Å². The number of amides is 4. The van der Waals surface area contributed by atoms with Crippen molar-refractivity contribution >= 4 is 35.2 Å². The van der Waals surface area contributed by atoms with Gasteiger partial charge in [0, 0.05) is 18.5 Å². The summed E-state index contributed by atoms with van der Waals surface area (Å²) < 4.78 is 17.9. The minimum Gasteiger partial charge on any atom is -0.491 e. The molecule has 4 aromatic carbocycles. The van der Waals surface area contributed by atoms with Crippen LogP contribution in [0, 0.1) is 0 Å². The van der Waals surface area contributed by atoms with Crippen molar-refractivity contribution in [3.63, 3.8) is 0 Å². The van der Waals surface area contributed by atoms with Crippen molar-refractivity contribution in [1.82, 2.24) is 20.9 Å². The molecular weight excluding hydrogens is 660 g/mol.